The molecular formula is C46H45N9O7. The van der Waals surface area contributed by atoms with Gasteiger partial charge in [0.05, 0.1) is 40.4 Å². The number of imidazole rings is 1. The van der Waals surface area contributed by atoms with Crippen molar-refractivity contribution < 1.29 is 33.5 Å². The van der Waals surface area contributed by atoms with Gasteiger partial charge in [0.1, 0.15) is 17.6 Å². The number of benzene rings is 2. The molecule has 3 aromatic heterocycles. The zero-order valence-electron chi connectivity index (χ0n) is 34.3. The van der Waals surface area contributed by atoms with Crippen molar-refractivity contribution in [1.29, 1.82) is 0 Å². The second-order valence-corrected chi connectivity index (χ2v) is 16.6. The average molecular weight is 836 g/mol. The van der Waals surface area contributed by atoms with Gasteiger partial charge in [-0.3, -0.25) is 49.0 Å². The van der Waals surface area contributed by atoms with Gasteiger partial charge < -0.3 is 24.0 Å². The standard InChI is InChI=1S/C46H45N9O7/c1-27(56)53-19-20-54-38(26-53)41(50-42(54)28-13-21-62-22-14-28)31-6-2-5-29-23-35(48-25-33(29)31)30-9-10-34(47-24-30)45(60)52-16-4-15-51(17-18-52)36-8-3-7-32-40(36)46(61)55(44(32)59)37-11-12-39(57)49-43(37)58/h2-3,5-10,23-25,28,37H,4,11-22,26H2,1H3,(H,49,57,58). The number of hydrogen-bond donors (Lipinski definition) is 1. The van der Waals surface area contributed by atoms with Crippen LogP contribution in [-0.4, -0.2) is 122 Å². The molecule has 1 N–H and O–H groups in total. The molecule has 16 heteroatoms. The van der Waals surface area contributed by atoms with Crippen LogP contribution in [0.5, 0.6) is 0 Å². The number of fused-ring (bicyclic) bond motifs is 3. The first-order valence-corrected chi connectivity index (χ1v) is 21.3. The van der Waals surface area contributed by atoms with Crippen LogP contribution in [0.25, 0.3) is 33.3 Å². The van der Waals surface area contributed by atoms with Crippen LogP contribution in [-0.2, 0) is 32.2 Å². The Hall–Kier alpha value is -6.81. The van der Waals surface area contributed by atoms with Crippen molar-refractivity contribution in [3.8, 4) is 22.5 Å². The quantitative estimate of drug-likeness (QED) is 0.243. The van der Waals surface area contributed by atoms with Crippen LogP contribution in [0, 0.1) is 0 Å². The van der Waals surface area contributed by atoms with Gasteiger partial charge in [-0.15, -0.1) is 0 Å². The summed E-state index contributed by atoms with van der Waals surface area (Å²) in [5.74, 6) is -0.994. The van der Waals surface area contributed by atoms with Crippen LogP contribution < -0.4 is 10.2 Å². The number of nitrogens with one attached hydrogen (secondary N) is 1. The second kappa shape index (κ2) is 15.9. The van der Waals surface area contributed by atoms with Crippen LogP contribution in [0.2, 0.25) is 0 Å². The van der Waals surface area contributed by atoms with Gasteiger partial charge in [0.25, 0.3) is 17.7 Å². The van der Waals surface area contributed by atoms with Gasteiger partial charge in [-0.05, 0) is 61.4 Å². The Morgan fingerprint density at radius 2 is 1.61 bits per heavy atom. The minimum Gasteiger partial charge on any atom is -0.381 e. The minimum atomic E-state index is -1.05. The van der Waals surface area contributed by atoms with Crippen LogP contribution in [0.4, 0.5) is 5.69 Å². The number of piperidine rings is 1. The lowest BCUT2D eigenvalue weighted by Gasteiger charge is -2.30. The summed E-state index contributed by atoms with van der Waals surface area (Å²) < 4.78 is 7.98. The highest BCUT2D eigenvalue weighted by Gasteiger charge is 2.46. The van der Waals surface area contributed by atoms with Gasteiger partial charge in [0.2, 0.25) is 17.7 Å². The number of rotatable bonds is 6. The Balaban J connectivity index is 0.851. The van der Waals surface area contributed by atoms with Crippen molar-refractivity contribution in [2.75, 3.05) is 50.8 Å². The van der Waals surface area contributed by atoms with Crippen molar-refractivity contribution in [3.05, 3.63) is 95.3 Å². The van der Waals surface area contributed by atoms with Gasteiger partial charge in [0, 0.05) is 101 Å². The number of imide groups is 2. The van der Waals surface area contributed by atoms with E-state index in [1.807, 2.05) is 40.3 Å². The summed E-state index contributed by atoms with van der Waals surface area (Å²) in [5.41, 5.74) is 5.70. The molecular weight excluding hydrogens is 791 g/mol. The highest BCUT2D eigenvalue weighted by molar-refractivity contribution is 6.25. The molecule has 6 amide bonds. The van der Waals surface area contributed by atoms with Crippen LogP contribution >= 0.6 is 0 Å². The number of aromatic nitrogens is 4. The summed E-state index contributed by atoms with van der Waals surface area (Å²) in [7, 11) is 0. The Bertz CT molecular complexity index is 2690. The smallest absolute Gasteiger partial charge is 0.272 e. The maximum absolute atomic E-state index is 13.8. The van der Waals surface area contributed by atoms with Crippen molar-refractivity contribution in [2.45, 2.75) is 64.1 Å². The fourth-order valence-corrected chi connectivity index (χ4v) is 9.64. The molecule has 1 unspecified atom stereocenters. The van der Waals surface area contributed by atoms with E-state index in [0.29, 0.717) is 88.4 Å². The lowest BCUT2D eigenvalue weighted by molar-refractivity contribution is -0.136. The summed E-state index contributed by atoms with van der Waals surface area (Å²) in [6, 6.07) is 15.8. The molecule has 0 aliphatic carbocycles. The van der Waals surface area contributed by atoms with Crippen molar-refractivity contribution in [2.24, 2.45) is 0 Å². The van der Waals surface area contributed by atoms with Crippen molar-refractivity contribution in [1.82, 2.24) is 39.5 Å². The maximum atomic E-state index is 13.8. The van der Waals surface area contributed by atoms with E-state index < -0.39 is 29.7 Å². The van der Waals surface area contributed by atoms with E-state index in [-0.39, 0.29) is 35.8 Å². The predicted octanol–water partition coefficient (Wildman–Crippen LogP) is 4.17. The molecule has 62 heavy (non-hydrogen) atoms. The summed E-state index contributed by atoms with van der Waals surface area (Å²) >= 11 is 0. The zero-order valence-corrected chi connectivity index (χ0v) is 34.3. The molecule has 5 aliphatic rings. The number of carbonyl (C=O) groups excluding carboxylic acids is 6. The second-order valence-electron chi connectivity index (χ2n) is 16.6. The summed E-state index contributed by atoms with van der Waals surface area (Å²) in [4.78, 5) is 99.2. The first kappa shape index (κ1) is 39.3. The van der Waals surface area contributed by atoms with Gasteiger partial charge in [-0.1, -0.05) is 24.3 Å². The minimum absolute atomic E-state index is 0.0446. The molecule has 10 rings (SSSR count). The molecule has 1 atom stereocenters. The zero-order chi connectivity index (χ0) is 42.6. The first-order chi connectivity index (χ1) is 30.1. The molecule has 8 heterocycles. The maximum Gasteiger partial charge on any atom is 0.272 e. The fraction of sp³-hybridized carbons (Fsp3) is 0.370. The van der Waals surface area contributed by atoms with Gasteiger partial charge in [-0.25, -0.2) is 4.98 Å². The van der Waals surface area contributed by atoms with Gasteiger partial charge in [-0.2, -0.15) is 0 Å². The Morgan fingerprint density at radius 1 is 0.806 bits per heavy atom. The van der Waals surface area contributed by atoms with E-state index in [0.717, 1.165) is 56.9 Å². The van der Waals surface area contributed by atoms with E-state index in [9.17, 15) is 28.8 Å². The number of ether oxygens (including phenoxy) is 1. The lowest BCUT2D eigenvalue weighted by atomic mass is 9.99. The topological polar surface area (TPSA) is 180 Å². The molecule has 316 valence electrons. The molecule has 2 aromatic carbocycles. The fourth-order valence-electron chi connectivity index (χ4n) is 9.64. The Kier molecular flexibility index (Phi) is 10.1. The number of carbonyl (C=O) groups is 6. The van der Waals surface area contributed by atoms with Crippen LogP contribution in [0.15, 0.2) is 67.0 Å². The summed E-state index contributed by atoms with van der Waals surface area (Å²) in [6.07, 6.45) is 6.11. The van der Waals surface area contributed by atoms with E-state index in [2.05, 4.69) is 20.9 Å². The number of anilines is 1. The Morgan fingerprint density at radius 3 is 2.40 bits per heavy atom. The molecule has 3 fully saturated rings. The van der Waals surface area contributed by atoms with E-state index in [1.54, 1.807) is 42.3 Å². The number of pyridine rings is 2. The van der Waals surface area contributed by atoms with Gasteiger partial charge >= 0.3 is 0 Å². The monoisotopic (exact) mass is 835 g/mol. The molecule has 0 saturated carbocycles. The highest BCUT2D eigenvalue weighted by Crippen LogP contribution is 2.38. The third-order valence-electron chi connectivity index (χ3n) is 12.9. The number of hydrogen-bond acceptors (Lipinski definition) is 11. The number of nitrogens with zero attached hydrogens (tertiary/aromatic N) is 8. The SMILES string of the molecule is CC(=O)N1CCn2c(C3CCOCC3)nc(-c3cccc4cc(-c5ccc(C(=O)N6CCCN(c7cccc8c7C(=O)N(C7CCC(=O)NC7=O)C8=O)CC6)nc5)ncc34)c2C1. The van der Waals surface area contributed by atoms with Crippen molar-refractivity contribution in [3.63, 3.8) is 0 Å². The van der Waals surface area contributed by atoms with E-state index in [4.69, 9.17) is 14.7 Å². The molecule has 3 saturated heterocycles. The largest absolute Gasteiger partial charge is 0.381 e. The number of amides is 6. The first-order valence-electron chi connectivity index (χ1n) is 21.3. The highest BCUT2D eigenvalue weighted by atomic mass is 16.5. The summed E-state index contributed by atoms with van der Waals surface area (Å²) in [6.45, 7) is 6.70. The molecule has 0 bridgehead atoms. The molecule has 0 radical (unpaired) electrons. The molecule has 16 nitrogen and oxygen atoms in total. The average Bonchev–Trinajstić information content (AvgIpc) is 3.66. The predicted molar refractivity (Wildman–Crippen MR) is 226 cm³/mol. The van der Waals surface area contributed by atoms with Crippen LogP contribution in [0.3, 0.4) is 0 Å². The molecule has 5 aromatic rings. The van der Waals surface area contributed by atoms with E-state index in [1.165, 1.54) is 0 Å². The van der Waals surface area contributed by atoms with E-state index >= 15 is 0 Å². The van der Waals surface area contributed by atoms with Crippen LogP contribution in [0.1, 0.15) is 87.7 Å². The summed E-state index contributed by atoms with van der Waals surface area (Å²) in [5, 5.41) is 4.17. The normalized spacial score (nSPS) is 19.7. The van der Waals surface area contributed by atoms with Gasteiger partial charge in [0.15, 0.2) is 0 Å². The molecule has 0 spiro atoms. The lowest BCUT2D eigenvalue weighted by Crippen LogP contribution is -2.54. The van der Waals surface area contributed by atoms with Crippen molar-refractivity contribution >= 4 is 51.9 Å². The molecule has 5 aliphatic heterocycles. The third-order valence-corrected chi connectivity index (χ3v) is 12.9. The Labute approximate surface area is 356 Å². The third kappa shape index (κ3) is 6.87.